The third-order valence-electron chi connectivity index (χ3n) is 3.57. The van der Waals surface area contributed by atoms with E-state index < -0.39 is 0 Å². The number of hydrogen-bond acceptors (Lipinski definition) is 3. The van der Waals surface area contributed by atoms with Crippen LogP contribution < -0.4 is 10.6 Å². The van der Waals surface area contributed by atoms with E-state index in [0.717, 1.165) is 12.0 Å². The van der Waals surface area contributed by atoms with E-state index >= 15 is 0 Å². The lowest BCUT2D eigenvalue weighted by atomic mass is 10.1. The van der Waals surface area contributed by atoms with Crippen LogP contribution in [0.15, 0.2) is 35.7 Å². The van der Waals surface area contributed by atoms with E-state index in [-0.39, 0.29) is 18.0 Å². The molecule has 0 saturated heterocycles. The minimum absolute atomic E-state index is 0.0153. The molecular weight excluding hydrogens is 351 g/mol. The second kappa shape index (κ2) is 8.69. The van der Waals surface area contributed by atoms with Gasteiger partial charge in [0.15, 0.2) is 0 Å². The third kappa shape index (κ3) is 5.50. The van der Waals surface area contributed by atoms with Crippen LogP contribution in [0.2, 0.25) is 10.0 Å². The summed E-state index contributed by atoms with van der Waals surface area (Å²) in [6.45, 7) is 4.47. The molecule has 124 valence electrons. The predicted octanol–water partition coefficient (Wildman–Crippen LogP) is 4.45. The molecule has 3 nitrogen and oxygen atoms in total. The molecule has 0 saturated carbocycles. The molecule has 0 radical (unpaired) electrons. The fourth-order valence-electron chi connectivity index (χ4n) is 2.31. The van der Waals surface area contributed by atoms with Gasteiger partial charge in [-0.15, -0.1) is 11.3 Å². The number of benzene rings is 1. The van der Waals surface area contributed by atoms with Crippen LogP contribution in [0.5, 0.6) is 0 Å². The average molecular weight is 371 g/mol. The molecule has 1 aromatic carbocycles. The first-order valence-electron chi connectivity index (χ1n) is 7.48. The second-order valence-electron chi connectivity index (χ2n) is 5.40. The highest BCUT2D eigenvalue weighted by atomic mass is 35.5. The number of carbonyl (C=O) groups is 1. The molecule has 0 aliphatic heterocycles. The Balaban J connectivity index is 1.82. The number of nitrogens with one attached hydrogen (secondary N) is 2. The lowest BCUT2D eigenvalue weighted by Crippen LogP contribution is -2.43. The number of amides is 1. The van der Waals surface area contributed by atoms with Crippen LogP contribution >= 0.6 is 34.5 Å². The first kappa shape index (κ1) is 18.3. The zero-order valence-electron chi connectivity index (χ0n) is 13.1. The van der Waals surface area contributed by atoms with Gasteiger partial charge < -0.3 is 5.32 Å². The highest BCUT2D eigenvalue weighted by molar-refractivity contribution is 7.09. The van der Waals surface area contributed by atoms with Crippen LogP contribution in [-0.2, 0) is 11.2 Å². The standard InChI is InChI=1S/C17H20Cl2N2OS/c1-11(15-6-5-13(18)10-16(15)19)21-12(2)17(22)20-8-7-14-4-3-9-23-14/h3-6,9-12,21H,7-8H2,1-2H3,(H,20,22). The van der Waals surface area contributed by atoms with Crippen molar-refractivity contribution in [2.45, 2.75) is 32.4 Å². The van der Waals surface area contributed by atoms with Crippen molar-refractivity contribution >= 4 is 40.4 Å². The summed E-state index contributed by atoms with van der Waals surface area (Å²) in [5.74, 6) is -0.0153. The first-order valence-corrected chi connectivity index (χ1v) is 9.12. The zero-order chi connectivity index (χ0) is 16.8. The average Bonchev–Trinajstić information content (AvgIpc) is 3.00. The van der Waals surface area contributed by atoms with Crippen LogP contribution in [0.4, 0.5) is 0 Å². The maximum absolute atomic E-state index is 12.2. The molecule has 6 heteroatoms. The summed E-state index contributed by atoms with van der Waals surface area (Å²) >= 11 is 13.8. The van der Waals surface area contributed by atoms with E-state index in [0.29, 0.717) is 16.6 Å². The monoisotopic (exact) mass is 370 g/mol. The Bertz CT molecular complexity index is 646. The van der Waals surface area contributed by atoms with Crippen molar-refractivity contribution in [1.82, 2.24) is 10.6 Å². The summed E-state index contributed by atoms with van der Waals surface area (Å²) in [4.78, 5) is 13.4. The molecule has 0 aliphatic rings. The molecule has 1 amide bonds. The van der Waals surface area contributed by atoms with Crippen molar-refractivity contribution in [3.63, 3.8) is 0 Å². The topological polar surface area (TPSA) is 41.1 Å². The van der Waals surface area contributed by atoms with E-state index in [1.807, 2.05) is 31.4 Å². The van der Waals surface area contributed by atoms with Crippen molar-refractivity contribution in [3.8, 4) is 0 Å². The summed E-state index contributed by atoms with van der Waals surface area (Å²) < 4.78 is 0. The number of halogens is 2. The highest BCUT2D eigenvalue weighted by Gasteiger charge is 2.17. The van der Waals surface area contributed by atoms with Gasteiger partial charge in [0.25, 0.3) is 0 Å². The van der Waals surface area contributed by atoms with E-state index in [1.54, 1.807) is 23.5 Å². The zero-order valence-corrected chi connectivity index (χ0v) is 15.4. The van der Waals surface area contributed by atoms with Crippen LogP contribution in [-0.4, -0.2) is 18.5 Å². The quantitative estimate of drug-likeness (QED) is 0.755. The van der Waals surface area contributed by atoms with Crippen LogP contribution in [0.25, 0.3) is 0 Å². The van der Waals surface area contributed by atoms with Crippen molar-refractivity contribution < 1.29 is 4.79 Å². The van der Waals surface area contributed by atoms with Crippen LogP contribution in [0.1, 0.15) is 30.3 Å². The first-order chi connectivity index (χ1) is 11.0. The SMILES string of the molecule is CC(NC(C)c1ccc(Cl)cc1Cl)C(=O)NCCc1cccs1. The molecule has 23 heavy (non-hydrogen) atoms. The maximum atomic E-state index is 12.2. The van der Waals surface area contributed by atoms with Gasteiger partial charge in [-0.05, 0) is 49.4 Å². The van der Waals surface area contributed by atoms with Crippen molar-refractivity contribution in [2.75, 3.05) is 6.54 Å². The second-order valence-corrected chi connectivity index (χ2v) is 7.27. The minimum Gasteiger partial charge on any atom is -0.354 e. The summed E-state index contributed by atoms with van der Waals surface area (Å²) in [5.41, 5.74) is 0.925. The summed E-state index contributed by atoms with van der Waals surface area (Å²) in [6.07, 6.45) is 0.856. The summed E-state index contributed by atoms with van der Waals surface area (Å²) in [6, 6.07) is 9.13. The Labute approximate surface area is 151 Å². The molecule has 2 rings (SSSR count). The van der Waals surface area contributed by atoms with Gasteiger partial charge in [0.05, 0.1) is 6.04 Å². The van der Waals surface area contributed by atoms with Crippen molar-refractivity contribution in [2.24, 2.45) is 0 Å². The number of rotatable bonds is 7. The Morgan fingerprint density at radius 3 is 2.70 bits per heavy atom. The van der Waals surface area contributed by atoms with E-state index in [4.69, 9.17) is 23.2 Å². The van der Waals surface area contributed by atoms with E-state index in [1.165, 1.54) is 4.88 Å². The van der Waals surface area contributed by atoms with Crippen molar-refractivity contribution in [1.29, 1.82) is 0 Å². The number of carbonyl (C=O) groups excluding carboxylic acids is 1. The maximum Gasteiger partial charge on any atom is 0.236 e. The molecule has 0 fully saturated rings. The van der Waals surface area contributed by atoms with Gasteiger partial charge in [-0.25, -0.2) is 0 Å². The number of hydrogen-bond donors (Lipinski definition) is 2. The largest absolute Gasteiger partial charge is 0.354 e. The molecule has 2 unspecified atom stereocenters. The molecule has 2 aromatic rings. The van der Waals surface area contributed by atoms with Gasteiger partial charge in [0.2, 0.25) is 5.91 Å². The molecule has 0 aliphatic carbocycles. The normalized spacial score (nSPS) is 13.6. The highest BCUT2D eigenvalue weighted by Crippen LogP contribution is 2.26. The van der Waals surface area contributed by atoms with Gasteiger partial charge in [-0.1, -0.05) is 35.3 Å². The molecule has 2 N–H and O–H groups in total. The molecular formula is C17H20Cl2N2OS. The van der Waals surface area contributed by atoms with Gasteiger partial charge >= 0.3 is 0 Å². The Morgan fingerprint density at radius 1 is 1.26 bits per heavy atom. The molecule has 1 heterocycles. The van der Waals surface area contributed by atoms with Gasteiger partial charge in [0.1, 0.15) is 0 Å². The molecule has 2 atom stereocenters. The summed E-state index contributed by atoms with van der Waals surface area (Å²) in [7, 11) is 0. The van der Waals surface area contributed by atoms with Crippen molar-refractivity contribution in [3.05, 3.63) is 56.2 Å². The number of thiophene rings is 1. The molecule has 0 spiro atoms. The lowest BCUT2D eigenvalue weighted by Gasteiger charge is -2.21. The minimum atomic E-state index is -0.305. The molecule has 0 bridgehead atoms. The fraction of sp³-hybridized carbons (Fsp3) is 0.353. The third-order valence-corrected chi connectivity index (χ3v) is 5.07. The fourth-order valence-corrected chi connectivity index (χ4v) is 3.59. The predicted molar refractivity (Wildman–Crippen MR) is 98.5 cm³/mol. The van der Waals surface area contributed by atoms with Crippen LogP contribution in [0, 0.1) is 0 Å². The molecule has 1 aromatic heterocycles. The van der Waals surface area contributed by atoms with Crippen LogP contribution in [0.3, 0.4) is 0 Å². The van der Waals surface area contributed by atoms with E-state index in [9.17, 15) is 4.79 Å². The smallest absolute Gasteiger partial charge is 0.236 e. The van der Waals surface area contributed by atoms with Gasteiger partial charge in [-0.3, -0.25) is 10.1 Å². The Kier molecular flexibility index (Phi) is 6.90. The Hall–Kier alpha value is -1.07. The van der Waals surface area contributed by atoms with Gasteiger partial charge in [0, 0.05) is 27.5 Å². The lowest BCUT2D eigenvalue weighted by molar-refractivity contribution is -0.122. The summed E-state index contributed by atoms with van der Waals surface area (Å²) in [5, 5.41) is 9.46. The van der Waals surface area contributed by atoms with E-state index in [2.05, 4.69) is 16.7 Å². The van der Waals surface area contributed by atoms with Gasteiger partial charge in [-0.2, -0.15) is 0 Å². The Morgan fingerprint density at radius 2 is 2.04 bits per heavy atom.